The Morgan fingerprint density at radius 3 is 1.80 bits per heavy atom. The molecule has 9 atom stereocenters. The van der Waals surface area contributed by atoms with E-state index in [2.05, 4.69) is 17.2 Å². The molecule has 498 valence electrons. The standard InChI is InChI=1S/C65H104N4O19/c1-13-47(6)62(56(80-10)44-59(75)69-28-17-22-53(69)63(81-11)48(7)54(71)42-50(65(79)82-12)41-49-19-15-14-16-20-49)68(9)64(78)52(45(2)3)43-55(72)61(46(4)5)67(8)58(74)25-30-84-34-38-87-37-33-83-29-18-21-51(70)23-24-57(73)66-27-32-86-36-40-88-39-35-85-31-26-60(76)77/h14-16,19-20,45-48,50,52-53,56,61-63H,13,17-18,21-22,25-44H2,1-12H3,(H,66,73)(H,76,77)/t47-,48-,50+,52-,53-,56+,61-,62-,63+/m0/s1. The van der Waals surface area contributed by atoms with Crippen molar-refractivity contribution in [3.8, 4) is 11.8 Å². The van der Waals surface area contributed by atoms with Crippen LogP contribution in [0.3, 0.4) is 0 Å². The SMILES string of the molecule is CC[C@H](C)[C@@H]([C@@H](CC(=O)N1CCC[C@H]1[C@H](OC)[C@@H](C)C(=O)C[C@@H](Cc1ccccc1)C(=O)OC)OC)N(C)C(=O)[C@@H](CC(=O)[C@H](C(C)C)N(C)C(=O)CCOCCOCCOCCCC(=O)C#CC(=O)NCCOCCOCCOCCC(=O)O)C(C)C. The van der Waals surface area contributed by atoms with E-state index in [1.807, 2.05) is 71.9 Å². The maximum Gasteiger partial charge on any atom is 0.309 e. The largest absolute Gasteiger partial charge is 0.481 e. The number of benzene rings is 1. The average Bonchev–Trinajstić information content (AvgIpc) is 3.70. The first kappa shape index (κ1) is 78.4. The Morgan fingerprint density at radius 1 is 0.670 bits per heavy atom. The molecule has 1 aromatic rings. The summed E-state index contributed by atoms with van der Waals surface area (Å²) in [5.41, 5.74) is 0.910. The molecule has 1 saturated heterocycles. The molecular weight excluding hydrogens is 1140 g/mol. The molecule has 1 aliphatic rings. The van der Waals surface area contributed by atoms with Crippen LogP contribution in [0.4, 0.5) is 0 Å². The molecule has 0 bridgehead atoms. The van der Waals surface area contributed by atoms with Crippen molar-refractivity contribution in [2.24, 2.45) is 35.5 Å². The number of ketones is 3. The van der Waals surface area contributed by atoms with Gasteiger partial charge in [0.05, 0.1) is 135 Å². The average molecular weight is 1250 g/mol. The summed E-state index contributed by atoms with van der Waals surface area (Å²) in [6.45, 7) is 16.9. The van der Waals surface area contributed by atoms with E-state index >= 15 is 0 Å². The van der Waals surface area contributed by atoms with E-state index in [0.29, 0.717) is 65.1 Å². The zero-order valence-corrected chi connectivity index (χ0v) is 54.6. The maximum atomic E-state index is 14.8. The van der Waals surface area contributed by atoms with Gasteiger partial charge in [0.1, 0.15) is 5.78 Å². The number of esters is 1. The molecule has 23 heteroatoms. The number of carbonyl (C=O) groups excluding carboxylic acids is 8. The molecular formula is C65H104N4O19. The summed E-state index contributed by atoms with van der Waals surface area (Å²) in [6.07, 6.45) is 1.25. The van der Waals surface area contributed by atoms with Crippen molar-refractivity contribution >= 4 is 52.9 Å². The number of Topliss-reactive ketones (excluding diaryl/α,β-unsaturated/α-hetero) is 3. The van der Waals surface area contributed by atoms with Gasteiger partial charge in [0.2, 0.25) is 23.5 Å². The van der Waals surface area contributed by atoms with Gasteiger partial charge >= 0.3 is 11.9 Å². The number of carboxylic acids is 1. The second-order valence-corrected chi connectivity index (χ2v) is 23.0. The van der Waals surface area contributed by atoms with Crippen LogP contribution in [0.15, 0.2) is 30.3 Å². The highest BCUT2D eigenvalue weighted by atomic mass is 16.6. The summed E-state index contributed by atoms with van der Waals surface area (Å²) in [6, 6.07) is 7.69. The lowest BCUT2D eigenvalue weighted by atomic mass is 9.83. The van der Waals surface area contributed by atoms with E-state index in [-0.39, 0.29) is 145 Å². The van der Waals surface area contributed by atoms with Crippen molar-refractivity contribution < 1.29 is 90.9 Å². The van der Waals surface area contributed by atoms with E-state index in [1.54, 1.807) is 30.8 Å². The first-order valence-corrected chi connectivity index (χ1v) is 31.1. The lowest BCUT2D eigenvalue weighted by Gasteiger charge is -2.41. The first-order valence-electron chi connectivity index (χ1n) is 31.1. The fraction of sp³-hybridized carbons (Fsp3) is 0.738. The lowest BCUT2D eigenvalue weighted by molar-refractivity contribution is -0.150. The van der Waals surface area contributed by atoms with Gasteiger partial charge in [-0.05, 0) is 54.9 Å². The molecule has 0 aliphatic carbocycles. The van der Waals surface area contributed by atoms with Gasteiger partial charge in [-0.3, -0.25) is 43.2 Å². The van der Waals surface area contributed by atoms with Gasteiger partial charge in [-0.1, -0.05) is 85.2 Å². The molecule has 1 aromatic carbocycles. The molecule has 2 N–H and O–H groups in total. The highest BCUT2D eigenvalue weighted by Gasteiger charge is 2.44. The van der Waals surface area contributed by atoms with E-state index in [4.69, 9.17) is 47.7 Å². The molecule has 1 aliphatic heterocycles. The highest BCUT2D eigenvalue weighted by molar-refractivity contribution is 6.03. The predicted octanol–water partition coefficient (Wildman–Crippen LogP) is 5.05. The number of hydrogen-bond acceptors (Lipinski definition) is 18. The number of likely N-dealkylation sites (N-methyl/N-ethyl adjacent to an activating group) is 2. The van der Waals surface area contributed by atoms with Gasteiger partial charge in [-0.25, -0.2) is 0 Å². The molecule has 0 aromatic heterocycles. The summed E-state index contributed by atoms with van der Waals surface area (Å²) >= 11 is 0. The normalized spacial score (nSPS) is 15.9. The third kappa shape index (κ3) is 29.3. The number of aliphatic carboxylic acids is 1. The molecule has 23 nitrogen and oxygen atoms in total. The Morgan fingerprint density at radius 2 is 1.25 bits per heavy atom. The van der Waals surface area contributed by atoms with Crippen LogP contribution < -0.4 is 5.32 Å². The van der Waals surface area contributed by atoms with Gasteiger partial charge in [0, 0.05) is 85.0 Å². The number of nitrogens with zero attached hydrogens (tertiary/aromatic N) is 3. The predicted molar refractivity (Wildman–Crippen MR) is 328 cm³/mol. The van der Waals surface area contributed by atoms with Gasteiger partial charge in [-0.15, -0.1) is 0 Å². The van der Waals surface area contributed by atoms with Crippen molar-refractivity contribution in [2.45, 2.75) is 149 Å². The monoisotopic (exact) mass is 1240 g/mol. The summed E-state index contributed by atoms with van der Waals surface area (Å²) in [7, 11) is 7.67. The van der Waals surface area contributed by atoms with Crippen LogP contribution in [0, 0.1) is 47.3 Å². The smallest absolute Gasteiger partial charge is 0.309 e. The van der Waals surface area contributed by atoms with Crippen LogP contribution in [-0.2, 0) is 92.2 Å². The molecule has 1 heterocycles. The van der Waals surface area contributed by atoms with E-state index in [1.165, 1.54) is 26.2 Å². The number of rotatable bonds is 48. The molecule has 0 radical (unpaired) electrons. The molecule has 0 unspecified atom stereocenters. The fourth-order valence-electron chi connectivity index (χ4n) is 10.9. The zero-order valence-electron chi connectivity index (χ0n) is 54.6. The Hall–Kier alpha value is -5.71. The molecule has 0 saturated carbocycles. The Kier molecular flexibility index (Phi) is 39.8. The minimum absolute atomic E-state index is 0.0196. The Balaban J connectivity index is 1.85. The van der Waals surface area contributed by atoms with Gasteiger partial charge < -0.3 is 67.8 Å². The van der Waals surface area contributed by atoms with Crippen LogP contribution in [0.2, 0.25) is 0 Å². The van der Waals surface area contributed by atoms with Crippen molar-refractivity contribution in [3.05, 3.63) is 35.9 Å². The summed E-state index contributed by atoms with van der Waals surface area (Å²) in [5.74, 6) is -1.64. The second kappa shape index (κ2) is 44.7. The van der Waals surface area contributed by atoms with Crippen LogP contribution >= 0.6 is 0 Å². The van der Waals surface area contributed by atoms with Crippen LogP contribution in [0.25, 0.3) is 0 Å². The number of carboxylic acid groups (broad SMARTS) is 1. The van der Waals surface area contributed by atoms with Crippen LogP contribution in [-0.4, -0.2) is 231 Å². The van der Waals surface area contributed by atoms with Gasteiger partial charge in [0.25, 0.3) is 5.91 Å². The summed E-state index contributed by atoms with van der Waals surface area (Å²) in [4.78, 5) is 123. The molecule has 88 heavy (non-hydrogen) atoms. The Bertz CT molecular complexity index is 2330. The van der Waals surface area contributed by atoms with Crippen LogP contribution in [0.1, 0.15) is 118 Å². The van der Waals surface area contributed by atoms with Crippen molar-refractivity contribution in [3.63, 3.8) is 0 Å². The summed E-state index contributed by atoms with van der Waals surface area (Å²) in [5, 5.41) is 11.1. The number of likely N-dealkylation sites (tertiary alicyclic amines) is 1. The maximum absolute atomic E-state index is 14.8. The molecule has 0 spiro atoms. The zero-order chi connectivity index (χ0) is 65.6. The molecule has 2 rings (SSSR count). The topological polar surface area (TPSA) is 279 Å². The number of carbonyl (C=O) groups is 9. The lowest BCUT2D eigenvalue weighted by Crippen LogP contribution is -2.54. The van der Waals surface area contributed by atoms with Gasteiger partial charge in [0.15, 0.2) is 5.78 Å². The minimum Gasteiger partial charge on any atom is -0.481 e. The summed E-state index contributed by atoms with van der Waals surface area (Å²) < 4.78 is 49.7. The second-order valence-electron chi connectivity index (χ2n) is 23.0. The first-order chi connectivity index (χ1) is 42.0. The van der Waals surface area contributed by atoms with E-state index in [0.717, 1.165) is 5.56 Å². The van der Waals surface area contributed by atoms with Crippen LogP contribution in [0.5, 0.6) is 0 Å². The fourth-order valence-corrected chi connectivity index (χ4v) is 10.9. The van der Waals surface area contributed by atoms with E-state index in [9.17, 15) is 43.2 Å². The highest BCUT2D eigenvalue weighted by Crippen LogP contribution is 2.32. The number of nitrogens with one attached hydrogen (secondary N) is 1. The minimum atomic E-state index is -0.926. The quantitative estimate of drug-likeness (QED) is 0.0374. The third-order valence-electron chi connectivity index (χ3n) is 15.9. The van der Waals surface area contributed by atoms with Crippen molar-refractivity contribution in [1.82, 2.24) is 20.0 Å². The third-order valence-corrected chi connectivity index (χ3v) is 15.9. The molecule has 1 fully saturated rings. The number of amides is 4. The molecule has 4 amide bonds. The van der Waals surface area contributed by atoms with Crippen molar-refractivity contribution in [1.29, 1.82) is 0 Å². The Labute approximate surface area is 522 Å². The van der Waals surface area contributed by atoms with E-state index < -0.39 is 71.7 Å². The number of methoxy groups -OCH3 is 3. The van der Waals surface area contributed by atoms with Gasteiger partial charge in [-0.2, -0.15) is 0 Å². The van der Waals surface area contributed by atoms with Crippen molar-refractivity contribution in [2.75, 3.05) is 128 Å². The number of ether oxygens (including phenoxy) is 9. The number of hydrogen-bond donors (Lipinski definition) is 2.